The predicted octanol–water partition coefficient (Wildman–Crippen LogP) is 4.60. The molecule has 0 spiro atoms. The van der Waals surface area contributed by atoms with E-state index in [2.05, 4.69) is 4.98 Å². The van der Waals surface area contributed by atoms with Gasteiger partial charge in [-0.3, -0.25) is 15.1 Å². The molecule has 0 saturated carbocycles. The molecule has 3 aromatic rings. The lowest BCUT2D eigenvalue weighted by atomic mass is 10.2. The van der Waals surface area contributed by atoms with Gasteiger partial charge in [-0.25, -0.2) is 0 Å². The zero-order valence-corrected chi connectivity index (χ0v) is 12.1. The number of fused-ring (bicyclic) bond motifs is 1. The summed E-state index contributed by atoms with van der Waals surface area (Å²) in [5.74, 6) is 0. The first-order chi connectivity index (χ1) is 10.1. The molecule has 104 valence electrons. The van der Waals surface area contributed by atoms with E-state index in [4.69, 9.17) is 0 Å². The van der Waals surface area contributed by atoms with Gasteiger partial charge in [0.05, 0.1) is 15.8 Å². The van der Waals surface area contributed by atoms with Gasteiger partial charge in [-0.1, -0.05) is 29.5 Å². The molecule has 0 N–H and O–H groups in total. The highest BCUT2D eigenvalue weighted by atomic mass is 32.2. The average Bonchev–Trinajstić information content (AvgIpc) is 2.49. The van der Waals surface area contributed by atoms with Crippen molar-refractivity contribution in [1.29, 1.82) is 0 Å². The van der Waals surface area contributed by atoms with Gasteiger partial charge in [0, 0.05) is 22.1 Å². The number of aromatic nitrogens is 1. The number of non-ortho nitro benzene ring substituents is 1. The fraction of sp³-hybridized carbons (Fsp3) is 0.0625. The van der Waals surface area contributed by atoms with Crippen LogP contribution in [0.3, 0.4) is 0 Å². The third-order valence-corrected chi connectivity index (χ3v) is 4.21. The second kappa shape index (κ2) is 5.54. The Morgan fingerprint density at radius 1 is 1.10 bits per heavy atom. The Balaban J connectivity index is 2.09. The quantitative estimate of drug-likeness (QED) is 0.523. The van der Waals surface area contributed by atoms with Crippen molar-refractivity contribution >= 4 is 28.4 Å². The normalized spacial score (nSPS) is 10.7. The molecular formula is C16H12N2O2S. The van der Waals surface area contributed by atoms with Crippen molar-refractivity contribution in [1.82, 2.24) is 4.98 Å². The molecule has 2 aromatic carbocycles. The largest absolute Gasteiger partial charge is 0.278 e. The highest BCUT2D eigenvalue weighted by molar-refractivity contribution is 7.99. The van der Waals surface area contributed by atoms with E-state index in [0.29, 0.717) is 10.9 Å². The van der Waals surface area contributed by atoms with Crippen LogP contribution in [-0.4, -0.2) is 9.91 Å². The van der Waals surface area contributed by atoms with Crippen molar-refractivity contribution in [3.63, 3.8) is 0 Å². The lowest BCUT2D eigenvalue weighted by Gasteiger charge is -2.06. The van der Waals surface area contributed by atoms with E-state index in [0.717, 1.165) is 9.79 Å². The Kier molecular flexibility index (Phi) is 3.58. The zero-order valence-electron chi connectivity index (χ0n) is 11.3. The first-order valence-corrected chi connectivity index (χ1v) is 7.23. The first-order valence-electron chi connectivity index (χ1n) is 6.42. The smallest absolute Gasteiger partial charge is 0.258 e. The number of benzene rings is 2. The summed E-state index contributed by atoms with van der Waals surface area (Å²) in [6.45, 7) is 2.04. The molecule has 21 heavy (non-hydrogen) atoms. The van der Waals surface area contributed by atoms with Crippen LogP contribution < -0.4 is 0 Å². The monoisotopic (exact) mass is 296 g/mol. The van der Waals surface area contributed by atoms with E-state index < -0.39 is 0 Å². The molecule has 5 heteroatoms. The van der Waals surface area contributed by atoms with Crippen LogP contribution >= 0.6 is 11.8 Å². The van der Waals surface area contributed by atoms with Crippen LogP contribution in [0.15, 0.2) is 64.5 Å². The van der Waals surface area contributed by atoms with Gasteiger partial charge in [0.15, 0.2) is 0 Å². The highest BCUT2D eigenvalue weighted by Crippen LogP contribution is 2.36. The Labute approximate surface area is 126 Å². The van der Waals surface area contributed by atoms with Gasteiger partial charge in [-0.15, -0.1) is 0 Å². The standard InChI is InChI=1S/C16H12N2O2S/c1-11-4-6-12(7-5-11)21-15-9-8-14(18(19)20)13-3-2-10-17-16(13)15/h2-10H,1H3. The summed E-state index contributed by atoms with van der Waals surface area (Å²) in [5.41, 5.74) is 1.95. The fourth-order valence-electron chi connectivity index (χ4n) is 2.11. The molecule has 0 aliphatic rings. The van der Waals surface area contributed by atoms with Crippen LogP contribution in [0.4, 0.5) is 5.69 Å². The number of hydrogen-bond acceptors (Lipinski definition) is 4. The van der Waals surface area contributed by atoms with Gasteiger partial charge in [0.2, 0.25) is 0 Å². The molecule has 1 heterocycles. The molecule has 0 saturated heterocycles. The summed E-state index contributed by atoms with van der Waals surface area (Å²) in [6, 6.07) is 14.9. The molecule has 0 radical (unpaired) electrons. The number of pyridine rings is 1. The van der Waals surface area contributed by atoms with Crippen LogP contribution in [0, 0.1) is 17.0 Å². The predicted molar refractivity (Wildman–Crippen MR) is 83.7 cm³/mol. The molecule has 3 rings (SSSR count). The minimum Gasteiger partial charge on any atom is -0.258 e. The van der Waals surface area contributed by atoms with Gasteiger partial charge in [-0.05, 0) is 37.3 Å². The van der Waals surface area contributed by atoms with Gasteiger partial charge in [0.1, 0.15) is 0 Å². The Bertz CT molecular complexity index is 816. The molecule has 0 atom stereocenters. The van der Waals surface area contributed by atoms with Gasteiger partial charge >= 0.3 is 0 Å². The molecule has 0 amide bonds. The van der Waals surface area contributed by atoms with Gasteiger partial charge in [-0.2, -0.15) is 0 Å². The number of nitro groups is 1. The van der Waals surface area contributed by atoms with Crippen LogP contribution in [0.1, 0.15) is 5.56 Å². The van der Waals surface area contributed by atoms with Crippen LogP contribution in [-0.2, 0) is 0 Å². The van der Waals surface area contributed by atoms with E-state index in [-0.39, 0.29) is 10.6 Å². The maximum absolute atomic E-state index is 11.1. The summed E-state index contributed by atoms with van der Waals surface area (Å²) in [7, 11) is 0. The van der Waals surface area contributed by atoms with E-state index in [1.165, 1.54) is 5.56 Å². The molecule has 0 unspecified atom stereocenters. The number of nitrogens with zero attached hydrogens (tertiary/aromatic N) is 2. The minimum absolute atomic E-state index is 0.0892. The van der Waals surface area contributed by atoms with E-state index in [1.54, 1.807) is 42.2 Å². The third kappa shape index (κ3) is 2.73. The maximum atomic E-state index is 11.1. The minimum atomic E-state index is -0.371. The fourth-order valence-corrected chi connectivity index (χ4v) is 3.03. The third-order valence-electron chi connectivity index (χ3n) is 3.16. The molecule has 4 nitrogen and oxygen atoms in total. The summed E-state index contributed by atoms with van der Waals surface area (Å²) < 4.78 is 0. The second-order valence-corrected chi connectivity index (χ2v) is 5.77. The summed E-state index contributed by atoms with van der Waals surface area (Å²) in [5, 5.41) is 11.7. The van der Waals surface area contributed by atoms with Gasteiger partial charge < -0.3 is 0 Å². The van der Waals surface area contributed by atoms with Crippen molar-refractivity contribution in [3.05, 3.63) is 70.4 Å². The molecular weight excluding hydrogens is 284 g/mol. The second-order valence-electron chi connectivity index (χ2n) is 4.65. The lowest BCUT2D eigenvalue weighted by molar-refractivity contribution is -0.383. The Hall–Kier alpha value is -2.40. The maximum Gasteiger partial charge on any atom is 0.278 e. The summed E-state index contributed by atoms with van der Waals surface area (Å²) >= 11 is 1.56. The molecule has 1 aromatic heterocycles. The topological polar surface area (TPSA) is 56.0 Å². The molecule has 0 bridgehead atoms. The van der Waals surface area contributed by atoms with E-state index in [1.807, 2.05) is 31.2 Å². The van der Waals surface area contributed by atoms with Crippen molar-refractivity contribution < 1.29 is 4.92 Å². The van der Waals surface area contributed by atoms with Crippen molar-refractivity contribution in [2.24, 2.45) is 0 Å². The Morgan fingerprint density at radius 2 is 1.86 bits per heavy atom. The van der Waals surface area contributed by atoms with Crippen LogP contribution in [0.25, 0.3) is 10.9 Å². The summed E-state index contributed by atoms with van der Waals surface area (Å²) in [4.78, 5) is 17.0. The number of aryl methyl sites for hydroxylation is 1. The van der Waals surface area contributed by atoms with Crippen molar-refractivity contribution in [2.75, 3.05) is 0 Å². The zero-order chi connectivity index (χ0) is 14.8. The van der Waals surface area contributed by atoms with Crippen LogP contribution in [0.5, 0.6) is 0 Å². The van der Waals surface area contributed by atoms with Crippen LogP contribution in [0.2, 0.25) is 0 Å². The molecule has 0 aliphatic heterocycles. The number of nitro benzene ring substituents is 1. The lowest BCUT2D eigenvalue weighted by Crippen LogP contribution is -1.91. The molecule has 0 fully saturated rings. The van der Waals surface area contributed by atoms with Gasteiger partial charge in [0.25, 0.3) is 5.69 Å². The highest BCUT2D eigenvalue weighted by Gasteiger charge is 2.15. The molecule has 0 aliphatic carbocycles. The Morgan fingerprint density at radius 3 is 2.57 bits per heavy atom. The summed E-state index contributed by atoms with van der Waals surface area (Å²) in [6.07, 6.45) is 1.66. The van der Waals surface area contributed by atoms with Crippen molar-refractivity contribution in [2.45, 2.75) is 16.7 Å². The van der Waals surface area contributed by atoms with E-state index >= 15 is 0 Å². The van der Waals surface area contributed by atoms with Crippen molar-refractivity contribution in [3.8, 4) is 0 Å². The average molecular weight is 296 g/mol. The number of hydrogen-bond donors (Lipinski definition) is 0. The van der Waals surface area contributed by atoms with E-state index in [9.17, 15) is 10.1 Å². The number of rotatable bonds is 3. The first kappa shape index (κ1) is 13.6. The SMILES string of the molecule is Cc1ccc(Sc2ccc([N+](=O)[O-])c3cccnc23)cc1.